The molecule has 0 N–H and O–H groups in total. The summed E-state index contributed by atoms with van der Waals surface area (Å²) in [6, 6.07) is 7.30. The summed E-state index contributed by atoms with van der Waals surface area (Å²) in [6.45, 7) is 1.78. The van der Waals surface area contributed by atoms with Crippen molar-refractivity contribution in [2.24, 2.45) is 0 Å². The Balaban J connectivity index is 1.54. The molecule has 7 nitrogen and oxygen atoms in total. The summed E-state index contributed by atoms with van der Waals surface area (Å²) in [4.78, 5) is 13.9. The monoisotopic (exact) mass is 287 g/mol. The molecule has 2 aromatic rings. The second-order valence-corrected chi connectivity index (χ2v) is 4.98. The third kappa shape index (κ3) is 3.36. The Kier molecular flexibility index (Phi) is 4.09. The van der Waals surface area contributed by atoms with Crippen LogP contribution < -0.4 is 4.74 Å². The van der Waals surface area contributed by atoms with Crippen LogP contribution in [0.3, 0.4) is 0 Å². The lowest BCUT2D eigenvalue weighted by Gasteiger charge is -2.26. The Morgan fingerprint density at radius 1 is 1.14 bits per heavy atom. The molecule has 0 unspecified atom stereocenters. The van der Waals surface area contributed by atoms with Gasteiger partial charge in [0.2, 0.25) is 0 Å². The molecule has 1 amide bonds. The van der Waals surface area contributed by atoms with Crippen molar-refractivity contribution in [2.45, 2.75) is 19.3 Å². The van der Waals surface area contributed by atoms with Gasteiger partial charge in [0.25, 0.3) is 5.91 Å². The number of aromatic nitrogens is 4. The minimum absolute atomic E-state index is 0.0549. The highest BCUT2D eigenvalue weighted by molar-refractivity contribution is 5.77. The fraction of sp³-hybridized carbons (Fsp3) is 0.429. The number of tetrazole rings is 1. The van der Waals surface area contributed by atoms with Gasteiger partial charge < -0.3 is 9.64 Å². The van der Waals surface area contributed by atoms with Crippen LogP contribution in [0.4, 0.5) is 0 Å². The van der Waals surface area contributed by atoms with E-state index in [1.54, 1.807) is 16.8 Å². The van der Waals surface area contributed by atoms with Gasteiger partial charge >= 0.3 is 0 Å². The summed E-state index contributed by atoms with van der Waals surface area (Å²) in [6.07, 6.45) is 4.91. The van der Waals surface area contributed by atoms with E-state index in [9.17, 15) is 4.79 Å². The van der Waals surface area contributed by atoms with Crippen LogP contribution in [0.15, 0.2) is 30.6 Å². The van der Waals surface area contributed by atoms with Gasteiger partial charge in [-0.15, -0.1) is 5.10 Å². The number of piperidine rings is 1. The molecule has 2 heterocycles. The van der Waals surface area contributed by atoms with E-state index in [4.69, 9.17) is 4.74 Å². The Bertz CT molecular complexity index is 576. The van der Waals surface area contributed by atoms with Crippen molar-refractivity contribution in [3.05, 3.63) is 30.6 Å². The summed E-state index contributed by atoms with van der Waals surface area (Å²) in [7, 11) is 0. The minimum Gasteiger partial charge on any atom is -0.484 e. The molecule has 7 heteroatoms. The SMILES string of the molecule is O=C(COc1ccc(-n2cnnn2)cc1)N1CCCCC1. The first-order valence-corrected chi connectivity index (χ1v) is 7.07. The number of carbonyl (C=O) groups is 1. The largest absolute Gasteiger partial charge is 0.484 e. The minimum atomic E-state index is 0.0549. The molecule has 1 aromatic heterocycles. The van der Waals surface area contributed by atoms with Gasteiger partial charge in [-0.2, -0.15) is 0 Å². The first kappa shape index (κ1) is 13.5. The molecular formula is C14H17N5O2. The molecule has 1 aliphatic heterocycles. The number of likely N-dealkylation sites (tertiary alicyclic amines) is 1. The summed E-state index contributed by atoms with van der Waals surface area (Å²) in [5.41, 5.74) is 0.842. The molecule has 110 valence electrons. The molecule has 0 bridgehead atoms. The third-order valence-electron chi connectivity index (χ3n) is 3.52. The van der Waals surface area contributed by atoms with Crippen LogP contribution in [0, 0.1) is 0 Å². The number of benzene rings is 1. The van der Waals surface area contributed by atoms with Crippen molar-refractivity contribution >= 4 is 5.91 Å². The zero-order chi connectivity index (χ0) is 14.5. The summed E-state index contributed by atoms with van der Waals surface area (Å²) < 4.78 is 7.10. The van der Waals surface area contributed by atoms with Crippen molar-refractivity contribution in [1.29, 1.82) is 0 Å². The number of carbonyl (C=O) groups excluding carboxylic acids is 1. The van der Waals surface area contributed by atoms with E-state index in [1.165, 1.54) is 12.7 Å². The van der Waals surface area contributed by atoms with Crippen molar-refractivity contribution in [3.63, 3.8) is 0 Å². The maximum absolute atomic E-state index is 12.0. The normalized spacial score (nSPS) is 15.0. The second-order valence-electron chi connectivity index (χ2n) is 4.98. The van der Waals surface area contributed by atoms with E-state index in [0.29, 0.717) is 5.75 Å². The second kappa shape index (κ2) is 6.34. The number of rotatable bonds is 4. The van der Waals surface area contributed by atoms with Gasteiger partial charge in [-0.05, 0) is 54.0 Å². The van der Waals surface area contributed by atoms with Crippen LogP contribution in [0.2, 0.25) is 0 Å². The van der Waals surface area contributed by atoms with Crippen molar-refractivity contribution in [3.8, 4) is 11.4 Å². The lowest BCUT2D eigenvalue weighted by Crippen LogP contribution is -2.38. The van der Waals surface area contributed by atoms with Crippen LogP contribution in [0.25, 0.3) is 5.69 Å². The average molecular weight is 287 g/mol. The van der Waals surface area contributed by atoms with Gasteiger partial charge in [0.1, 0.15) is 12.1 Å². The number of hydrogen-bond donors (Lipinski definition) is 0. The van der Waals surface area contributed by atoms with Crippen LogP contribution in [0.1, 0.15) is 19.3 Å². The zero-order valence-corrected chi connectivity index (χ0v) is 11.7. The molecule has 1 aromatic carbocycles. The van der Waals surface area contributed by atoms with Crippen molar-refractivity contribution in [1.82, 2.24) is 25.1 Å². The Morgan fingerprint density at radius 3 is 2.57 bits per heavy atom. The number of ether oxygens (including phenoxy) is 1. The lowest BCUT2D eigenvalue weighted by molar-refractivity contribution is -0.134. The smallest absolute Gasteiger partial charge is 0.260 e. The molecule has 3 rings (SSSR count). The number of hydrogen-bond acceptors (Lipinski definition) is 5. The average Bonchev–Trinajstić information content (AvgIpc) is 3.08. The molecule has 1 fully saturated rings. The van der Waals surface area contributed by atoms with Gasteiger partial charge in [-0.3, -0.25) is 4.79 Å². The standard InChI is InChI=1S/C14H17N5O2/c20-14(18-8-2-1-3-9-18)10-21-13-6-4-12(5-7-13)19-11-15-16-17-19/h4-7,11H,1-3,8-10H2. The summed E-state index contributed by atoms with van der Waals surface area (Å²) in [5, 5.41) is 11.0. The quantitative estimate of drug-likeness (QED) is 0.840. The van der Waals surface area contributed by atoms with Crippen LogP contribution in [-0.2, 0) is 4.79 Å². The Morgan fingerprint density at radius 2 is 1.90 bits per heavy atom. The van der Waals surface area contributed by atoms with Gasteiger partial charge in [0.15, 0.2) is 6.61 Å². The van der Waals surface area contributed by atoms with Crippen LogP contribution in [-0.4, -0.2) is 50.7 Å². The summed E-state index contributed by atoms with van der Waals surface area (Å²) >= 11 is 0. The first-order chi connectivity index (χ1) is 10.3. The van der Waals surface area contributed by atoms with E-state index in [2.05, 4.69) is 15.5 Å². The fourth-order valence-electron chi connectivity index (χ4n) is 2.35. The maximum atomic E-state index is 12.0. The molecule has 1 saturated heterocycles. The molecule has 21 heavy (non-hydrogen) atoms. The first-order valence-electron chi connectivity index (χ1n) is 7.07. The highest BCUT2D eigenvalue weighted by atomic mass is 16.5. The van der Waals surface area contributed by atoms with E-state index in [0.717, 1.165) is 31.6 Å². The molecule has 0 spiro atoms. The topological polar surface area (TPSA) is 73.1 Å². The molecule has 0 radical (unpaired) electrons. The molecule has 0 saturated carbocycles. The Labute approximate surface area is 122 Å². The van der Waals surface area contributed by atoms with Gasteiger partial charge in [0.05, 0.1) is 5.69 Å². The van der Waals surface area contributed by atoms with Gasteiger partial charge in [-0.25, -0.2) is 4.68 Å². The molecule has 0 aliphatic carbocycles. The van der Waals surface area contributed by atoms with Gasteiger partial charge in [0, 0.05) is 13.1 Å². The Hall–Kier alpha value is -2.44. The zero-order valence-electron chi connectivity index (χ0n) is 11.7. The molecule has 0 atom stereocenters. The van der Waals surface area contributed by atoms with E-state index >= 15 is 0 Å². The lowest BCUT2D eigenvalue weighted by atomic mass is 10.1. The van der Waals surface area contributed by atoms with Gasteiger partial charge in [-0.1, -0.05) is 0 Å². The van der Waals surface area contributed by atoms with Crippen molar-refractivity contribution < 1.29 is 9.53 Å². The highest BCUT2D eigenvalue weighted by Crippen LogP contribution is 2.15. The molecule has 1 aliphatic rings. The van der Waals surface area contributed by atoms with E-state index in [1.807, 2.05) is 17.0 Å². The van der Waals surface area contributed by atoms with E-state index < -0.39 is 0 Å². The fourth-order valence-corrected chi connectivity index (χ4v) is 2.35. The summed E-state index contributed by atoms with van der Waals surface area (Å²) in [5.74, 6) is 0.719. The third-order valence-corrected chi connectivity index (χ3v) is 3.52. The predicted octanol–water partition coefficient (Wildman–Crippen LogP) is 1.05. The predicted molar refractivity (Wildman–Crippen MR) is 75.1 cm³/mol. The van der Waals surface area contributed by atoms with Crippen LogP contribution in [0.5, 0.6) is 5.75 Å². The highest BCUT2D eigenvalue weighted by Gasteiger charge is 2.16. The number of nitrogens with zero attached hydrogens (tertiary/aromatic N) is 5. The van der Waals surface area contributed by atoms with Crippen LogP contribution >= 0.6 is 0 Å². The van der Waals surface area contributed by atoms with E-state index in [-0.39, 0.29) is 12.5 Å². The molecular weight excluding hydrogens is 270 g/mol. The van der Waals surface area contributed by atoms with Crippen molar-refractivity contribution in [2.75, 3.05) is 19.7 Å². The maximum Gasteiger partial charge on any atom is 0.260 e. The number of amides is 1.